The zero-order chi connectivity index (χ0) is 11.8. The van der Waals surface area contributed by atoms with Gasteiger partial charge in [-0.25, -0.2) is 9.97 Å². The van der Waals surface area contributed by atoms with Crippen LogP contribution in [-0.4, -0.2) is 40.8 Å². The molecule has 7 heteroatoms. The summed E-state index contributed by atoms with van der Waals surface area (Å²) in [6.45, 7) is 1.17. The normalized spacial score (nSPS) is 11.2. The van der Waals surface area contributed by atoms with Crippen LogP contribution in [0.3, 0.4) is 0 Å². The fraction of sp³-hybridized carbons (Fsp3) is 0.556. The maximum absolute atomic E-state index is 8.52. The van der Waals surface area contributed by atoms with E-state index in [9.17, 15) is 0 Å². The van der Waals surface area contributed by atoms with E-state index in [1.165, 1.54) is 0 Å². The van der Waals surface area contributed by atoms with E-state index in [4.69, 9.17) is 9.42 Å². The number of aromatic nitrogens is 2. The molecule has 5 nitrogen and oxygen atoms in total. The number of nitrogens with zero attached hydrogens (tertiary/aromatic N) is 3. The molecule has 0 aromatic carbocycles. The van der Waals surface area contributed by atoms with Gasteiger partial charge in [-0.3, -0.25) is 0 Å². The van der Waals surface area contributed by atoms with Crippen molar-refractivity contribution in [1.29, 1.82) is 0 Å². The van der Waals surface area contributed by atoms with Crippen molar-refractivity contribution in [2.24, 2.45) is 0 Å². The van der Waals surface area contributed by atoms with Crippen LogP contribution in [-0.2, 0) is 10.9 Å². The number of hydrogen-bond donors (Lipinski definition) is 2. The lowest BCUT2D eigenvalue weighted by Gasteiger charge is -2.17. The highest BCUT2D eigenvalue weighted by molar-refractivity contribution is 7.80. The standard InChI is InChI=1S/C9H16N3O2PS/c1-12(5-6-14-15-13)9-2-4-10-8(11-9)3-7-16/h2,4,13,15-16H,3,5-7H2,1H3. The summed E-state index contributed by atoms with van der Waals surface area (Å²) in [4.78, 5) is 19.0. The minimum atomic E-state index is -0.457. The van der Waals surface area contributed by atoms with Gasteiger partial charge in [-0.15, -0.1) is 0 Å². The molecule has 1 aromatic rings. The van der Waals surface area contributed by atoms with Crippen LogP contribution < -0.4 is 4.90 Å². The Hall–Kier alpha value is -0.420. The van der Waals surface area contributed by atoms with Gasteiger partial charge in [0.05, 0.1) is 6.61 Å². The van der Waals surface area contributed by atoms with Crippen molar-refractivity contribution < 1.29 is 9.42 Å². The second-order valence-electron chi connectivity index (χ2n) is 3.17. The predicted octanol–water partition coefficient (Wildman–Crippen LogP) is 0.902. The SMILES string of the molecule is CN(CCOPO)c1ccnc(CCS)n1. The van der Waals surface area contributed by atoms with Crippen LogP contribution in [0.1, 0.15) is 5.82 Å². The molecule has 90 valence electrons. The largest absolute Gasteiger partial charge is 0.357 e. The van der Waals surface area contributed by atoms with Crippen LogP contribution in [0.25, 0.3) is 0 Å². The first kappa shape index (κ1) is 13.6. The Labute approximate surface area is 103 Å². The third kappa shape index (κ3) is 4.61. The maximum atomic E-state index is 8.52. The predicted molar refractivity (Wildman–Crippen MR) is 69.3 cm³/mol. The number of anilines is 1. The van der Waals surface area contributed by atoms with Gasteiger partial charge in [0.2, 0.25) is 0 Å². The summed E-state index contributed by atoms with van der Waals surface area (Å²) in [5.41, 5.74) is 0. The van der Waals surface area contributed by atoms with Crippen LogP contribution in [0.5, 0.6) is 0 Å². The molecule has 0 saturated heterocycles. The van der Waals surface area contributed by atoms with E-state index < -0.39 is 9.03 Å². The molecular formula is C9H16N3O2PS. The minimum Gasteiger partial charge on any atom is -0.357 e. The highest BCUT2D eigenvalue weighted by Crippen LogP contribution is 2.09. The lowest BCUT2D eigenvalue weighted by molar-refractivity contribution is 0.334. The quantitative estimate of drug-likeness (QED) is 0.434. The van der Waals surface area contributed by atoms with E-state index in [0.717, 1.165) is 23.8 Å². The van der Waals surface area contributed by atoms with E-state index in [0.29, 0.717) is 13.2 Å². The van der Waals surface area contributed by atoms with E-state index in [1.54, 1.807) is 6.20 Å². The monoisotopic (exact) mass is 261 g/mol. The number of hydrogen-bond acceptors (Lipinski definition) is 6. The van der Waals surface area contributed by atoms with Crippen molar-refractivity contribution >= 4 is 27.5 Å². The molecule has 0 aliphatic heterocycles. The zero-order valence-electron chi connectivity index (χ0n) is 9.13. The van der Waals surface area contributed by atoms with Crippen molar-refractivity contribution in [2.75, 3.05) is 30.9 Å². The molecular weight excluding hydrogens is 245 g/mol. The molecule has 0 aliphatic carbocycles. The average molecular weight is 261 g/mol. The first-order chi connectivity index (χ1) is 7.77. The smallest absolute Gasteiger partial charge is 0.152 e. The number of rotatable bonds is 7. The summed E-state index contributed by atoms with van der Waals surface area (Å²) in [5, 5.41) is 0. The van der Waals surface area contributed by atoms with E-state index in [2.05, 4.69) is 22.6 Å². The van der Waals surface area contributed by atoms with Crippen LogP contribution >= 0.6 is 21.7 Å². The van der Waals surface area contributed by atoms with E-state index in [-0.39, 0.29) is 0 Å². The second-order valence-corrected chi connectivity index (χ2v) is 4.08. The average Bonchev–Trinajstić information content (AvgIpc) is 2.30. The lowest BCUT2D eigenvalue weighted by atomic mass is 10.4. The van der Waals surface area contributed by atoms with Crippen LogP contribution in [0.2, 0.25) is 0 Å². The summed E-state index contributed by atoms with van der Waals surface area (Å²) in [6, 6.07) is 1.85. The Morgan fingerprint density at radius 3 is 3.12 bits per heavy atom. The highest BCUT2D eigenvalue weighted by Gasteiger charge is 2.03. The van der Waals surface area contributed by atoms with Gasteiger partial charge in [-0.1, -0.05) is 0 Å². The fourth-order valence-corrected chi connectivity index (χ4v) is 1.55. The van der Waals surface area contributed by atoms with Gasteiger partial charge < -0.3 is 14.3 Å². The van der Waals surface area contributed by atoms with Crippen LogP contribution in [0, 0.1) is 0 Å². The summed E-state index contributed by atoms with van der Waals surface area (Å²) in [7, 11) is 1.47. The number of likely N-dealkylation sites (N-methyl/N-ethyl adjacent to an activating group) is 1. The van der Waals surface area contributed by atoms with Gasteiger partial charge in [0.15, 0.2) is 9.03 Å². The molecule has 1 unspecified atom stereocenters. The molecule has 0 saturated carbocycles. The van der Waals surface area contributed by atoms with Crippen LogP contribution in [0.15, 0.2) is 12.3 Å². The maximum Gasteiger partial charge on any atom is 0.152 e. The molecule has 1 rings (SSSR count). The first-order valence-electron chi connectivity index (χ1n) is 4.92. The van der Waals surface area contributed by atoms with Gasteiger partial charge in [-0.2, -0.15) is 12.6 Å². The van der Waals surface area contributed by atoms with Gasteiger partial charge in [0, 0.05) is 26.2 Å². The Kier molecular flexibility index (Phi) is 6.64. The lowest BCUT2D eigenvalue weighted by Crippen LogP contribution is -2.23. The van der Waals surface area contributed by atoms with E-state index >= 15 is 0 Å². The zero-order valence-corrected chi connectivity index (χ0v) is 11.0. The first-order valence-corrected chi connectivity index (χ1v) is 6.41. The van der Waals surface area contributed by atoms with Gasteiger partial charge in [0.1, 0.15) is 11.6 Å². The molecule has 0 bridgehead atoms. The number of aryl methyl sites for hydroxylation is 1. The fourth-order valence-electron chi connectivity index (χ4n) is 1.16. The molecule has 0 radical (unpaired) electrons. The Bertz CT molecular complexity index is 317. The van der Waals surface area contributed by atoms with Crippen molar-refractivity contribution in [3.63, 3.8) is 0 Å². The topological polar surface area (TPSA) is 58.5 Å². The van der Waals surface area contributed by atoms with Crippen molar-refractivity contribution in [3.8, 4) is 0 Å². The molecule has 0 aliphatic rings. The third-order valence-electron chi connectivity index (χ3n) is 2.01. The van der Waals surface area contributed by atoms with Gasteiger partial charge >= 0.3 is 0 Å². The molecule has 0 fully saturated rings. The molecule has 1 aromatic heterocycles. The second kappa shape index (κ2) is 7.79. The van der Waals surface area contributed by atoms with Crippen molar-refractivity contribution in [3.05, 3.63) is 18.1 Å². The van der Waals surface area contributed by atoms with Crippen molar-refractivity contribution in [1.82, 2.24) is 9.97 Å². The Balaban J connectivity index is 2.53. The molecule has 1 atom stereocenters. The summed E-state index contributed by atoms with van der Waals surface area (Å²) >= 11 is 4.15. The summed E-state index contributed by atoms with van der Waals surface area (Å²) in [5.74, 6) is 2.39. The van der Waals surface area contributed by atoms with Gasteiger partial charge in [-0.05, 0) is 11.8 Å². The van der Waals surface area contributed by atoms with Crippen molar-refractivity contribution in [2.45, 2.75) is 6.42 Å². The molecule has 1 N–H and O–H groups in total. The molecule has 1 heterocycles. The Morgan fingerprint density at radius 2 is 2.44 bits per heavy atom. The molecule has 0 amide bonds. The van der Waals surface area contributed by atoms with Crippen LogP contribution in [0.4, 0.5) is 5.82 Å². The highest BCUT2D eigenvalue weighted by atomic mass is 32.1. The summed E-state index contributed by atoms with van der Waals surface area (Å²) < 4.78 is 4.89. The van der Waals surface area contributed by atoms with E-state index in [1.807, 2.05) is 18.0 Å². The van der Waals surface area contributed by atoms with Gasteiger partial charge in [0.25, 0.3) is 0 Å². The third-order valence-corrected chi connectivity index (χ3v) is 2.57. The summed E-state index contributed by atoms with van der Waals surface area (Å²) in [6.07, 6.45) is 2.51. The number of thiol groups is 1. The Morgan fingerprint density at radius 1 is 1.62 bits per heavy atom. The minimum absolute atomic E-state index is 0.457. The molecule has 0 spiro atoms. The molecule has 16 heavy (non-hydrogen) atoms.